The van der Waals surface area contributed by atoms with E-state index in [1.165, 1.54) is 0 Å². The Balaban J connectivity index is 2.56. The molecule has 1 aliphatic heterocycles. The Kier molecular flexibility index (Phi) is 1.77. The molecule has 0 radical (unpaired) electrons. The molecule has 0 saturated heterocycles. The summed E-state index contributed by atoms with van der Waals surface area (Å²) in [6, 6.07) is 5.27. The molecule has 3 heteroatoms. The topological polar surface area (TPSA) is 52.3 Å². The number of carbonyl (C=O) groups excluding carboxylic acids is 1. The van der Waals surface area contributed by atoms with Crippen LogP contribution >= 0.6 is 0 Å². The van der Waals surface area contributed by atoms with Gasteiger partial charge < -0.3 is 10.5 Å². The molecule has 74 valence electrons. The fourth-order valence-electron chi connectivity index (χ4n) is 1.68. The first-order chi connectivity index (χ1) is 6.49. The van der Waals surface area contributed by atoms with Crippen LogP contribution in [0.3, 0.4) is 0 Å². The standard InChI is InChI=1S/C11H13NO2/c1-11(2)6-9(13)7-4-3-5-8(12)10(7)14-11/h3-5H,6,12H2,1-2H3. The zero-order valence-electron chi connectivity index (χ0n) is 8.33. The van der Waals surface area contributed by atoms with Gasteiger partial charge in [0, 0.05) is 0 Å². The van der Waals surface area contributed by atoms with E-state index in [4.69, 9.17) is 10.5 Å². The zero-order chi connectivity index (χ0) is 10.3. The summed E-state index contributed by atoms with van der Waals surface area (Å²) < 4.78 is 5.67. The average Bonchev–Trinajstić information content (AvgIpc) is 2.05. The maximum absolute atomic E-state index is 11.7. The second kappa shape index (κ2) is 2.74. The van der Waals surface area contributed by atoms with Crippen LogP contribution in [-0.2, 0) is 0 Å². The van der Waals surface area contributed by atoms with Crippen LogP contribution in [0.5, 0.6) is 5.75 Å². The Morgan fingerprint density at radius 3 is 2.86 bits per heavy atom. The number of fused-ring (bicyclic) bond motifs is 1. The highest BCUT2D eigenvalue weighted by atomic mass is 16.5. The fourth-order valence-corrected chi connectivity index (χ4v) is 1.68. The first-order valence-corrected chi connectivity index (χ1v) is 4.60. The van der Waals surface area contributed by atoms with E-state index in [0.29, 0.717) is 23.4 Å². The third kappa shape index (κ3) is 1.35. The van der Waals surface area contributed by atoms with Gasteiger partial charge in [0.2, 0.25) is 0 Å². The van der Waals surface area contributed by atoms with E-state index in [2.05, 4.69) is 0 Å². The fraction of sp³-hybridized carbons (Fsp3) is 0.364. The van der Waals surface area contributed by atoms with Crippen molar-refractivity contribution in [3.8, 4) is 5.75 Å². The Labute approximate surface area is 82.9 Å². The van der Waals surface area contributed by atoms with Gasteiger partial charge in [0.25, 0.3) is 0 Å². The zero-order valence-corrected chi connectivity index (χ0v) is 8.33. The number of hydrogen-bond acceptors (Lipinski definition) is 3. The highest BCUT2D eigenvalue weighted by molar-refractivity contribution is 6.01. The summed E-state index contributed by atoms with van der Waals surface area (Å²) in [6.45, 7) is 3.78. The third-order valence-corrected chi connectivity index (χ3v) is 2.31. The summed E-state index contributed by atoms with van der Waals surface area (Å²) in [7, 11) is 0. The summed E-state index contributed by atoms with van der Waals surface area (Å²) in [5.41, 5.74) is 6.43. The van der Waals surface area contributed by atoms with Crippen molar-refractivity contribution in [2.24, 2.45) is 0 Å². The van der Waals surface area contributed by atoms with Gasteiger partial charge in [0.05, 0.1) is 17.7 Å². The molecule has 3 nitrogen and oxygen atoms in total. The van der Waals surface area contributed by atoms with Crippen LogP contribution in [0.15, 0.2) is 18.2 Å². The van der Waals surface area contributed by atoms with Crippen molar-refractivity contribution in [1.82, 2.24) is 0 Å². The molecule has 1 aliphatic rings. The van der Waals surface area contributed by atoms with E-state index >= 15 is 0 Å². The van der Waals surface area contributed by atoms with Crippen LogP contribution in [-0.4, -0.2) is 11.4 Å². The lowest BCUT2D eigenvalue weighted by molar-refractivity contribution is 0.0624. The number of nitrogens with two attached hydrogens (primary N) is 1. The number of anilines is 1. The molecule has 0 aliphatic carbocycles. The number of nitrogen functional groups attached to an aromatic ring is 1. The highest BCUT2D eigenvalue weighted by Gasteiger charge is 2.33. The van der Waals surface area contributed by atoms with Gasteiger partial charge in [0.15, 0.2) is 11.5 Å². The number of para-hydroxylation sites is 1. The number of ketones is 1. The Morgan fingerprint density at radius 1 is 1.43 bits per heavy atom. The van der Waals surface area contributed by atoms with Crippen molar-refractivity contribution < 1.29 is 9.53 Å². The molecule has 1 aromatic carbocycles. The molecular weight excluding hydrogens is 178 g/mol. The number of carbonyl (C=O) groups is 1. The van der Waals surface area contributed by atoms with E-state index in [0.717, 1.165) is 0 Å². The summed E-state index contributed by atoms with van der Waals surface area (Å²) in [5, 5.41) is 0. The Morgan fingerprint density at radius 2 is 2.14 bits per heavy atom. The van der Waals surface area contributed by atoms with E-state index in [9.17, 15) is 4.79 Å². The highest BCUT2D eigenvalue weighted by Crippen LogP contribution is 2.36. The van der Waals surface area contributed by atoms with Gasteiger partial charge in [-0.05, 0) is 26.0 Å². The van der Waals surface area contributed by atoms with E-state index in [1.54, 1.807) is 18.2 Å². The molecular formula is C11H13NO2. The van der Waals surface area contributed by atoms with Gasteiger partial charge in [0.1, 0.15) is 5.60 Å². The van der Waals surface area contributed by atoms with Crippen LogP contribution in [0.2, 0.25) is 0 Å². The lowest BCUT2D eigenvalue weighted by Crippen LogP contribution is -2.36. The van der Waals surface area contributed by atoms with E-state index in [-0.39, 0.29) is 5.78 Å². The SMILES string of the molecule is CC1(C)CC(=O)c2cccc(N)c2O1. The Hall–Kier alpha value is -1.51. The predicted octanol–water partition coefficient (Wildman–Crippen LogP) is 2.01. The molecule has 0 amide bonds. The van der Waals surface area contributed by atoms with Gasteiger partial charge in [-0.1, -0.05) is 6.07 Å². The normalized spacial score (nSPS) is 18.6. The lowest BCUT2D eigenvalue weighted by atomic mass is 9.93. The first-order valence-electron chi connectivity index (χ1n) is 4.60. The summed E-state index contributed by atoms with van der Waals surface area (Å²) in [5.74, 6) is 0.636. The first kappa shape index (κ1) is 9.06. The Bertz CT molecular complexity index is 396. The minimum Gasteiger partial charge on any atom is -0.484 e. The predicted molar refractivity (Wildman–Crippen MR) is 54.5 cm³/mol. The lowest BCUT2D eigenvalue weighted by Gasteiger charge is -2.32. The average molecular weight is 191 g/mol. The van der Waals surface area contributed by atoms with Crippen molar-refractivity contribution in [3.63, 3.8) is 0 Å². The number of Topliss-reactive ketones (excluding diaryl/α,β-unsaturated/α-hetero) is 1. The minimum atomic E-state index is -0.445. The molecule has 2 rings (SSSR count). The summed E-state index contributed by atoms with van der Waals surface area (Å²) in [4.78, 5) is 11.7. The van der Waals surface area contributed by atoms with Gasteiger partial charge in [-0.2, -0.15) is 0 Å². The maximum atomic E-state index is 11.7. The summed E-state index contributed by atoms with van der Waals surface area (Å²) in [6.07, 6.45) is 0.406. The molecule has 0 fully saturated rings. The number of rotatable bonds is 0. The number of hydrogen-bond donors (Lipinski definition) is 1. The van der Waals surface area contributed by atoms with Crippen LogP contribution in [0, 0.1) is 0 Å². The number of ether oxygens (including phenoxy) is 1. The smallest absolute Gasteiger partial charge is 0.170 e. The van der Waals surface area contributed by atoms with Crippen molar-refractivity contribution in [1.29, 1.82) is 0 Å². The van der Waals surface area contributed by atoms with Gasteiger partial charge in [-0.25, -0.2) is 0 Å². The number of benzene rings is 1. The van der Waals surface area contributed by atoms with Gasteiger partial charge in [-0.15, -0.1) is 0 Å². The molecule has 0 unspecified atom stereocenters. The van der Waals surface area contributed by atoms with Crippen molar-refractivity contribution in [3.05, 3.63) is 23.8 Å². The second-order valence-electron chi connectivity index (χ2n) is 4.19. The van der Waals surface area contributed by atoms with Crippen LogP contribution < -0.4 is 10.5 Å². The minimum absolute atomic E-state index is 0.101. The molecule has 1 heterocycles. The van der Waals surface area contributed by atoms with Crippen LogP contribution in [0.1, 0.15) is 30.6 Å². The molecule has 0 aromatic heterocycles. The molecule has 0 saturated carbocycles. The van der Waals surface area contributed by atoms with Crippen molar-refractivity contribution >= 4 is 11.5 Å². The van der Waals surface area contributed by atoms with E-state index in [1.807, 2.05) is 13.8 Å². The van der Waals surface area contributed by atoms with Gasteiger partial charge >= 0.3 is 0 Å². The molecule has 0 spiro atoms. The third-order valence-electron chi connectivity index (χ3n) is 2.31. The van der Waals surface area contributed by atoms with E-state index < -0.39 is 5.60 Å². The van der Waals surface area contributed by atoms with Crippen molar-refractivity contribution in [2.45, 2.75) is 25.9 Å². The summed E-state index contributed by atoms with van der Waals surface area (Å²) >= 11 is 0. The monoisotopic (exact) mass is 191 g/mol. The molecule has 2 N–H and O–H groups in total. The molecule has 14 heavy (non-hydrogen) atoms. The second-order valence-corrected chi connectivity index (χ2v) is 4.19. The largest absolute Gasteiger partial charge is 0.484 e. The van der Waals surface area contributed by atoms with Gasteiger partial charge in [-0.3, -0.25) is 4.79 Å². The maximum Gasteiger partial charge on any atom is 0.170 e. The quantitative estimate of drug-likeness (QED) is 0.638. The molecule has 1 aromatic rings. The van der Waals surface area contributed by atoms with Crippen molar-refractivity contribution in [2.75, 3.05) is 5.73 Å². The van der Waals surface area contributed by atoms with Crippen LogP contribution in [0.25, 0.3) is 0 Å². The molecule has 0 bridgehead atoms. The molecule has 0 atom stereocenters. The van der Waals surface area contributed by atoms with Crippen LogP contribution in [0.4, 0.5) is 5.69 Å².